The lowest BCUT2D eigenvalue weighted by Gasteiger charge is -2.31. The number of hydrogen-bond acceptors (Lipinski definition) is 4. The molecule has 1 unspecified atom stereocenters. The zero-order chi connectivity index (χ0) is 16.2. The molecule has 0 aliphatic carbocycles. The number of ether oxygens (including phenoxy) is 1. The van der Waals surface area contributed by atoms with Crippen LogP contribution in [0.4, 0.5) is 0 Å². The molecule has 23 heavy (non-hydrogen) atoms. The Hall–Kier alpha value is -1.53. The van der Waals surface area contributed by atoms with Gasteiger partial charge < -0.3 is 14.6 Å². The molecule has 3 rings (SSSR count). The molecule has 1 fully saturated rings. The number of carbonyl (C=O) groups excluding carboxylic acids is 1. The van der Waals surface area contributed by atoms with Crippen LogP contribution in [0.2, 0.25) is 0 Å². The molecule has 1 saturated heterocycles. The molecule has 1 aliphatic rings. The van der Waals surface area contributed by atoms with Crippen LogP contribution in [0.15, 0.2) is 24.3 Å². The number of likely N-dealkylation sites (tertiary alicyclic amines) is 1. The summed E-state index contributed by atoms with van der Waals surface area (Å²) in [5.41, 5.74) is 2.02. The number of fused-ring (bicyclic) bond motifs is 1. The van der Waals surface area contributed by atoms with E-state index < -0.39 is 0 Å². The number of amides is 1. The highest BCUT2D eigenvalue weighted by Crippen LogP contribution is 2.28. The minimum atomic E-state index is 0.169. The van der Waals surface area contributed by atoms with Gasteiger partial charge in [-0.25, -0.2) is 4.98 Å². The molecular formula is C17H23N3O2S. The maximum atomic E-state index is 12.3. The fourth-order valence-electron chi connectivity index (χ4n) is 2.87. The second kappa shape index (κ2) is 7.36. The first kappa shape index (κ1) is 16.3. The van der Waals surface area contributed by atoms with Crippen LogP contribution in [-0.4, -0.2) is 52.8 Å². The topological polar surface area (TPSA) is 58.2 Å². The minimum absolute atomic E-state index is 0.169. The molecule has 0 radical (unpaired) electrons. The summed E-state index contributed by atoms with van der Waals surface area (Å²) in [7, 11) is 1.74. The number of hydrogen-bond donors (Lipinski definition) is 1. The normalized spacial score (nSPS) is 17.6. The van der Waals surface area contributed by atoms with Gasteiger partial charge in [-0.3, -0.25) is 4.79 Å². The highest BCUT2D eigenvalue weighted by Gasteiger charge is 2.23. The maximum Gasteiger partial charge on any atom is 0.232 e. The number of benzene rings is 1. The average Bonchev–Trinajstić information content (AvgIpc) is 3.03. The van der Waals surface area contributed by atoms with Crippen LogP contribution >= 0.6 is 11.8 Å². The number of piperidine rings is 1. The minimum Gasteiger partial charge on any atom is -0.381 e. The molecule has 1 aromatic carbocycles. The number of carbonyl (C=O) groups is 1. The summed E-state index contributed by atoms with van der Waals surface area (Å²) < 4.78 is 5.35. The van der Waals surface area contributed by atoms with Gasteiger partial charge >= 0.3 is 0 Å². The predicted octanol–water partition coefficient (Wildman–Crippen LogP) is 2.99. The van der Waals surface area contributed by atoms with Gasteiger partial charge in [0, 0.05) is 20.2 Å². The molecule has 0 spiro atoms. The van der Waals surface area contributed by atoms with E-state index in [1.54, 1.807) is 18.9 Å². The number of aromatic amines is 1. The first-order valence-corrected chi connectivity index (χ1v) is 9.09. The number of thioether (sulfide) groups is 1. The van der Waals surface area contributed by atoms with Gasteiger partial charge in [0.25, 0.3) is 0 Å². The quantitative estimate of drug-likeness (QED) is 0.914. The smallest absolute Gasteiger partial charge is 0.232 e. The van der Waals surface area contributed by atoms with E-state index in [1.165, 1.54) is 0 Å². The fraction of sp³-hybridized carbons (Fsp3) is 0.529. The third kappa shape index (κ3) is 3.87. The second-order valence-electron chi connectivity index (χ2n) is 5.91. The molecule has 6 heteroatoms. The Labute approximate surface area is 140 Å². The van der Waals surface area contributed by atoms with Crippen molar-refractivity contribution in [3.8, 4) is 0 Å². The molecule has 1 aliphatic heterocycles. The van der Waals surface area contributed by atoms with E-state index in [4.69, 9.17) is 4.74 Å². The van der Waals surface area contributed by atoms with Gasteiger partial charge in [-0.1, -0.05) is 12.1 Å². The number of H-pyrrole nitrogens is 1. The van der Waals surface area contributed by atoms with Crippen molar-refractivity contribution in [3.63, 3.8) is 0 Å². The molecule has 0 bridgehead atoms. The van der Waals surface area contributed by atoms with Crippen LogP contribution < -0.4 is 0 Å². The van der Waals surface area contributed by atoms with Crippen LogP contribution in [0.3, 0.4) is 0 Å². The molecular weight excluding hydrogens is 310 g/mol. The van der Waals surface area contributed by atoms with Crippen molar-refractivity contribution >= 4 is 28.7 Å². The highest BCUT2D eigenvalue weighted by molar-refractivity contribution is 8.00. The van der Waals surface area contributed by atoms with Crippen LogP contribution in [0.25, 0.3) is 11.0 Å². The average molecular weight is 333 g/mol. The van der Waals surface area contributed by atoms with Gasteiger partial charge in [0.1, 0.15) is 5.82 Å². The van der Waals surface area contributed by atoms with Crippen molar-refractivity contribution in [2.75, 3.05) is 26.0 Å². The standard InChI is InChI=1S/C17H23N3O2S/c1-12(17-18-14-5-3-4-6-15(14)19-17)23-11-16(21)20-9-7-13(22-2)8-10-20/h3-6,12-13H,7-11H2,1-2H3,(H,18,19). The number of para-hydroxylation sites is 2. The first-order valence-electron chi connectivity index (χ1n) is 8.04. The van der Waals surface area contributed by atoms with Crippen molar-refractivity contribution in [1.29, 1.82) is 0 Å². The van der Waals surface area contributed by atoms with E-state index in [0.717, 1.165) is 42.8 Å². The van der Waals surface area contributed by atoms with E-state index in [2.05, 4.69) is 16.9 Å². The molecule has 1 N–H and O–H groups in total. The zero-order valence-electron chi connectivity index (χ0n) is 13.6. The monoisotopic (exact) mass is 333 g/mol. The number of imidazole rings is 1. The first-order chi connectivity index (χ1) is 11.2. The maximum absolute atomic E-state index is 12.3. The highest BCUT2D eigenvalue weighted by atomic mass is 32.2. The predicted molar refractivity (Wildman–Crippen MR) is 93.6 cm³/mol. The summed E-state index contributed by atoms with van der Waals surface area (Å²) in [4.78, 5) is 22.2. The molecule has 2 aromatic rings. The molecule has 1 amide bonds. The summed E-state index contributed by atoms with van der Waals surface area (Å²) in [6.45, 7) is 3.70. The van der Waals surface area contributed by atoms with E-state index in [0.29, 0.717) is 11.9 Å². The fourth-order valence-corrected chi connectivity index (χ4v) is 3.72. The van der Waals surface area contributed by atoms with Crippen molar-refractivity contribution in [2.24, 2.45) is 0 Å². The summed E-state index contributed by atoms with van der Waals surface area (Å²) in [5, 5.41) is 0.169. The second-order valence-corrected chi connectivity index (χ2v) is 7.24. The van der Waals surface area contributed by atoms with E-state index >= 15 is 0 Å². The number of nitrogens with zero attached hydrogens (tertiary/aromatic N) is 2. The SMILES string of the molecule is COC1CCN(C(=O)CSC(C)c2nc3ccccc3[nH]2)CC1. The van der Waals surface area contributed by atoms with Crippen LogP contribution in [0.1, 0.15) is 30.8 Å². The summed E-state index contributed by atoms with van der Waals surface area (Å²) >= 11 is 1.64. The lowest BCUT2D eigenvalue weighted by molar-refractivity contribution is -0.130. The van der Waals surface area contributed by atoms with Gasteiger partial charge in [-0.05, 0) is 31.9 Å². The number of nitrogens with one attached hydrogen (secondary N) is 1. The third-order valence-corrected chi connectivity index (χ3v) is 5.51. The Morgan fingerprint density at radius 1 is 1.43 bits per heavy atom. The Morgan fingerprint density at radius 2 is 2.17 bits per heavy atom. The van der Waals surface area contributed by atoms with Crippen LogP contribution in [-0.2, 0) is 9.53 Å². The van der Waals surface area contributed by atoms with Gasteiger partial charge in [0.2, 0.25) is 5.91 Å². The number of rotatable bonds is 5. The summed E-state index contributed by atoms with van der Waals surface area (Å²) in [5.74, 6) is 1.64. The van der Waals surface area contributed by atoms with Gasteiger partial charge in [0.05, 0.1) is 28.1 Å². The summed E-state index contributed by atoms with van der Waals surface area (Å²) in [6, 6.07) is 8.00. The molecule has 2 heterocycles. The Kier molecular flexibility index (Phi) is 5.23. The molecule has 124 valence electrons. The Morgan fingerprint density at radius 3 is 2.87 bits per heavy atom. The summed E-state index contributed by atoms with van der Waals surface area (Å²) in [6.07, 6.45) is 2.18. The lowest BCUT2D eigenvalue weighted by Crippen LogP contribution is -2.41. The van der Waals surface area contributed by atoms with Gasteiger partial charge in [0.15, 0.2) is 0 Å². The van der Waals surface area contributed by atoms with Crippen molar-refractivity contribution in [2.45, 2.75) is 31.1 Å². The third-order valence-electron chi connectivity index (χ3n) is 4.38. The van der Waals surface area contributed by atoms with Crippen LogP contribution in [0, 0.1) is 0 Å². The molecule has 1 aromatic heterocycles. The van der Waals surface area contributed by atoms with Crippen molar-refractivity contribution < 1.29 is 9.53 Å². The van der Waals surface area contributed by atoms with Crippen LogP contribution in [0.5, 0.6) is 0 Å². The Balaban J connectivity index is 1.52. The largest absolute Gasteiger partial charge is 0.381 e. The van der Waals surface area contributed by atoms with E-state index in [9.17, 15) is 4.79 Å². The van der Waals surface area contributed by atoms with Gasteiger partial charge in [-0.2, -0.15) is 0 Å². The molecule has 1 atom stereocenters. The Bertz CT molecular complexity index is 632. The zero-order valence-corrected chi connectivity index (χ0v) is 14.4. The molecule has 0 saturated carbocycles. The van der Waals surface area contributed by atoms with E-state index in [-0.39, 0.29) is 11.2 Å². The number of aromatic nitrogens is 2. The number of methoxy groups -OCH3 is 1. The van der Waals surface area contributed by atoms with E-state index in [1.807, 2.05) is 29.2 Å². The molecule has 5 nitrogen and oxygen atoms in total. The van der Waals surface area contributed by atoms with Gasteiger partial charge in [-0.15, -0.1) is 11.8 Å². The van der Waals surface area contributed by atoms with Crippen molar-refractivity contribution in [3.05, 3.63) is 30.1 Å². The van der Waals surface area contributed by atoms with Crippen molar-refractivity contribution in [1.82, 2.24) is 14.9 Å². The lowest BCUT2D eigenvalue weighted by atomic mass is 10.1.